The van der Waals surface area contributed by atoms with Crippen molar-refractivity contribution in [2.24, 2.45) is 11.8 Å². The Kier molecular flexibility index (Phi) is 6.91. The molecule has 0 aromatic heterocycles. The van der Waals surface area contributed by atoms with Crippen LogP contribution >= 0.6 is 0 Å². The molecule has 1 aromatic rings. The van der Waals surface area contributed by atoms with Crippen LogP contribution in [0.3, 0.4) is 0 Å². The molecular formula is C15H24FNO. The van der Waals surface area contributed by atoms with Gasteiger partial charge in [-0.05, 0) is 42.5 Å². The summed E-state index contributed by atoms with van der Waals surface area (Å²) in [5.41, 5.74) is 1.07. The van der Waals surface area contributed by atoms with Gasteiger partial charge in [-0.15, -0.1) is 0 Å². The minimum atomic E-state index is -0.151. The summed E-state index contributed by atoms with van der Waals surface area (Å²) in [5.74, 6) is 0.939. The second-order valence-electron chi connectivity index (χ2n) is 5.04. The van der Waals surface area contributed by atoms with E-state index >= 15 is 0 Å². The Morgan fingerprint density at radius 3 is 2.72 bits per heavy atom. The van der Waals surface area contributed by atoms with E-state index in [-0.39, 0.29) is 5.82 Å². The first kappa shape index (κ1) is 15.1. The topological polar surface area (TPSA) is 21.3 Å². The molecule has 0 saturated heterocycles. The van der Waals surface area contributed by atoms with E-state index < -0.39 is 0 Å². The molecule has 3 heteroatoms. The molecule has 0 radical (unpaired) electrons. The van der Waals surface area contributed by atoms with Crippen molar-refractivity contribution in [1.82, 2.24) is 5.32 Å². The molecule has 1 atom stereocenters. The minimum Gasteiger partial charge on any atom is -0.383 e. The zero-order valence-corrected chi connectivity index (χ0v) is 11.6. The lowest BCUT2D eigenvalue weighted by atomic mass is 9.89. The molecule has 2 nitrogen and oxygen atoms in total. The predicted octanol–water partition coefficient (Wildman–Crippen LogP) is 2.88. The summed E-state index contributed by atoms with van der Waals surface area (Å²) in [6.07, 6.45) is 0.912. The fourth-order valence-corrected chi connectivity index (χ4v) is 1.97. The van der Waals surface area contributed by atoms with Crippen molar-refractivity contribution >= 4 is 0 Å². The van der Waals surface area contributed by atoms with Crippen LogP contribution < -0.4 is 5.32 Å². The van der Waals surface area contributed by atoms with Gasteiger partial charge in [-0.2, -0.15) is 0 Å². The van der Waals surface area contributed by atoms with Gasteiger partial charge in [0.15, 0.2) is 0 Å². The Balaban J connectivity index is 2.47. The third kappa shape index (κ3) is 5.61. The number of halogens is 1. The molecule has 1 aromatic carbocycles. The molecule has 0 fully saturated rings. The van der Waals surface area contributed by atoms with Crippen LogP contribution in [0.5, 0.6) is 0 Å². The van der Waals surface area contributed by atoms with E-state index in [1.165, 1.54) is 6.07 Å². The standard InChI is InChI=1S/C15H24FNO/c1-12(2)14(11-17-7-8-18-3)9-13-5-4-6-15(16)10-13/h4-6,10,12,14,17H,7-9,11H2,1-3H3. The molecule has 0 aliphatic heterocycles. The van der Waals surface area contributed by atoms with E-state index in [1.54, 1.807) is 19.2 Å². The minimum absolute atomic E-state index is 0.151. The van der Waals surface area contributed by atoms with Gasteiger partial charge in [0.1, 0.15) is 5.82 Å². The number of benzene rings is 1. The van der Waals surface area contributed by atoms with Crippen molar-refractivity contribution in [2.45, 2.75) is 20.3 Å². The summed E-state index contributed by atoms with van der Waals surface area (Å²) in [5, 5.41) is 3.38. The van der Waals surface area contributed by atoms with Crippen LogP contribution in [0.2, 0.25) is 0 Å². The maximum atomic E-state index is 13.1. The van der Waals surface area contributed by atoms with Gasteiger partial charge in [0.05, 0.1) is 6.61 Å². The Morgan fingerprint density at radius 1 is 1.33 bits per heavy atom. The van der Waals surface area contributed by atoms with E-state index in [2.05, 4.69) is 19.2 Å². The van der Waals surface area contributed by atoms with Crippen LogP contribution in [0.4, 0.5) is 4.39 Å². The highest BCUT2D eigenvalue weighted by molar-refractivity contribution is 5.17. The summed E-state index contributed by atoms with van der Waals surface area (Å²) in [6.45, 7) is 6.95. The van der Waals surface area contributed by atoms with Crippen molar-refractivity contribution in [2.75, 3.05) is 26.8 Å². The van der Waals surface area contributed by atoms with Gasteiger partial charge in [-0.25, -0.2) is 4.39 Å². The lowest BCUT2D eigenvalue weighted by molar-refractivity contribution is 0.196. The lowest BCUT2D eigenvalue weighted by Crippen LogP contribution is -2.30. The lowest BCUT2D eigenvalue weighted by Gasteiger charge is -2.21. The van der Waals surface area contributed by atoms with Crippen molar-refractivity contribution in [3.05, 3.63) is 35.6 Å². The van der Waals surface area contributed by atoms with Crippen LogP contribution in [0.25, 0.3) is 0 Å². The maximum Gasteiger partial charge on any atom is 0.123 e. The molecule has 0 aliphatic rings. The maximum absolute atomic E-state index is 13.1. The highest BCUT2D eigenvalue weighted by Gasteiger charge is 2.13. The molecule has 102 valence electrons. The first-order valence-electron chi connectivity index (χ1n) is 6.57. The molecule has 0 saturated carbocycles. The average molecular weight is 253 g/mol. The van der Waals surface area contributed by atoms with Crippen LogP contribution in [0.15, 0.2) is 24.3 Å². The zero-order valence-electron chi connectivity index (χ0n) is 11.6. The molecular weight excluding hydrogens is 229 g/mol. The molecule has 0 heterocycles. The normalized spacial score (nSPS) is 12.9. The second kappa shape index (κ2) is 8.22. The van der Waals surface area contributed by atoms with Gasteiger partial charge < -0.3 is 10.1 Å². The fourth-order valence-electron chi connectivity index (χ4n) is 1.97. The molecule has 1 unspecified atom stereocenters. The van der Waals surface area contributed by atoms with Gasteiger partial charge in [-0.1, -0.05) is 26.0 Å². The van der Waals surface area contributed by atoms with E-state index in [4.69, 9.17) is 4.74 Å². The van der Waals surface area contributed by atoms with E-state index in [9.17, 15) is 4.39 Å². The Bertz CT molecular complexity index is 341. The highest BCUT2D eigenvalue weighted by Crippen LogP contribution is 2.17. The Hall–Kier alpha value is -0.930. The van der Waals surface area contributed by atoms with Gasteiger partial charge in [-0.3, -0.25) is 0 Å². The summed E-state index contributed by atoms with van der Waals surface area (Å²) in [6, 6.07) is 6.89. The predicted molar refractivity (Wildman–Crippen MR) is 73.2 cm³/mol. The third-order valence-corrected chi connectivity index (χ3v) is 3.22. The second-order valence-corrected chi connectivity index (χ2v) is 5.04. The summed E-state index contributed by atoms with van der Waals surface area (Å²) < 4.78 is 18.1. The number of methoxy groups -OCH3 is 1. The first-order valence-corrected chi connectivity index (χ1v) is 6.57. The summed E-state index contributed by atoms with van der Waals surface area (Å²) in [4.78, 5) is 0. The third-order valence-electron chi connectivity index (χ3n) is 3.22. The Labute approximate surface area is 110 Å². The van der Waals surface area contributed by atoms with Crippen LogP contribution in [0.1, 0.15) is 19.4 Å². The molecule has 1 rings (SSSR count). The fraction of sp³-hybridized carbons (Fsp3) is 0.600. The van der Waals surface area contributed by atoms with Crippen molar-refractivity contribution in [3.63, 3.8) is 0 Å². The van der Waals surface area contributed by atoms with Crippen LogP contribution in [0, 0.1) is 17.7 Å². The molecule has 0 spiro atoms. The van der Waals surface area contributed by atoms with E-state index in [0.717, 1.165) is 31.7 Å². The van der Waals surface area contributed by atoms with Gasteiger partial charge in [0.25, 0.3) is 0 Å². The zero-order chi connectivity index (χ0) is 13.4. The number of hydrogen-bond donors (Lipinski definition) is 1. The molecule has 1 N–H and O–H groups in total. The molecule has 18 heavy (non-hydrogen) atoms. The van der Waals surface area contributed by atoms with E-state index in [1.807, 2.05) is 6.07 Å². The smallest absolute Gasteiger partial charge is 0.123 e. The quantitative estimate of drug-likeness (QED) is 0.719. The number of nitrogens with one attached hydrogen (secondary N) is 1. The highest BCUT2D eigenvalue weighted by atomic mass is 19.1. The SMILES string of the molecule is COCCNCC(Cc1cccc(F)c1)C(C)C. The first-order chi connectivity index (χ1) is 8.63. The van der Waals surface area contributed by atoms with E-state index in [0.29, 0.717) is 11.8 Å². The molecule has 0 bridgehead atoms. The van der Waals surface area contributed by atoms with Crippen molar-refractivity contribution in [1.29, 1.82) is 0 Å². The van der Waals surface area contributed by atoms with Crippen LogP contribution in [-0.2, 0) is 11.2 Å². The molecule has 0 aliphatic carbocycles. The summed E-state index contributed by atoms with van der Waals surface area (Å²) >= 11 is 0. The largest absolute Gasteiger partial charge is 0.383 e. The van der Waals surface area contributed by atoms with Gasteiger partial charge >= 0.3 is 0 Å². The number of hydrogen-bond acceptors (Lipinski definition) is 2. The summed E-state index contributed by atoms with van der Waals surface area (Å²) in [7, 11) is 1.70. The van der Waals surface area contributed by atoms with Gasteiger partial charge in [0.2, 0.25) is 0 Å². The van der Waals surface area contributed by atoms with Crippen molar-refractivity contribution in [3.8, 4) is 0 Å². The molecule has 0 amide bonds. The van der Waals surface area contributed by atoms with Gasteiger partial charge in [0, 0.05) is 13.7 Å². The van der Waals surface area contributed by atoms with Crippen molar-refractivity contribution < 1.29 is 9.13 Å². The Morgan fingerprint density at radius 2 is 2.11 bits per heavy atom. The average Bonchev–Trinajstić information content (AvgIpc) is 2.33. The monoisotopic (exact) mass is 253 g/mol. The number of ether oxygens (including phenoxy) is 1. The number of rotatable bonds is 8. The van der Waals surface area contributed by atoms with Crippen LogP contribution in [-0.4, -0.2) is 26.8 Å².